The van der Waals surface area contributed by atoms with Crippen LogP contribution in [0.4, 0.5) is 5.69 Å². The molecule has 6 nitrogen and oxygen atoms in total. The lowest BCUT2D eigenvalue weighted by molar-refractivity contribution is -0.115. The predicted molar refractivity (Wildman–Crippen MR) is 110 cm³/mol. The fourth-order valence-electron chi connectivity index (χ4n) is 2.39. The first kappa shape index (κ1) is 19.7. The highest BCUT2D eigenvalue weighted by molar-refractivity contribution is 8.00. The van der Waals surface area contributed by atoms with Gasteiger partial charge in [0, 0.05) is 23.4 Å². The molecule has 1 N–H and O–H groups in total. The second kappa shape index (κ2) is 8.77. The van der Waals surface area contributed by atoms with Crippen LogP contribution >= 0.6 is 34.7 Å². The third-order valence-corrected chi connectivity index (χ3v) is 6.15. The van der Waals surface area contributed by atoms with Gasteiger partial charge in [0.25, 0.3) is 0 Å². The summed E-state index contributed by atoms with van der Waals surface area (Å²) < 4.78 is 7.19. The van der Waals surface area contributed by atoms with E-state index in [1.165, 1.54) is 16.6 Å². The fourth-order valence-corrected chi connectivity index (χ4v) is 4.10. The molecule has 3 aromatic rings. The average Bonchev–Trinajstić information content (AvgIpc) is 3.27. The Hall–Kier alpha value is -2.03. The van der Waals surface area contributed by atoms with E-state index in [4.69, 9.17) is 16.3 Å². The Labute approximate surface area is 170 Å². The minimum Gasteiger partial charge on any atom is -0.495 e. The normalized spacial score (nSPS) is 12.0. The Bertz CT molecular complexity index is 928. The summed E-state index contributed by atoms with van der Waals surface area (Å²) in [5.74, 6) is 1.26. The summed E-state index contributed by atoms with van der Waals surface area (Å²) in [4.78, 5) is 13.8. The van der Waals surface area contributed by atoms with Gasteiger partial charge in [-0.15, -0.1) is 21.5 Å². The summed E-state index contributed by atoms with van der Waals surface area (Å²) >= 11 is 9.06. The number of thiophene rings is 1. The Morgan fingerprint density at radius 2 is 2.22 bits per heavy atom. The van der Waals surface area contributed by atoms with E-state index in [1.54, 1.807) is 36.6 Å². The van der Waals surface area contributed by atoms with Crippen molar-refractivity contribution in [1.29, 1.82) is 0 Å². The topological polar surface area (TPSA) is 69.0 Å². The maximum atomic E-state index is 12.6. The molecule has 0 bridgehead atoms. The van der Waals surface area contributed by atoms with Gasteiger partial charge in [-0.05, 0) is 36.6 Å². The van der Waals surface area contributed by atoms with Crippen LogP contribution < -0.4 is 10.1 Å². The van der Waals surface area contributed by atoms with E-state index in [0.717, 1.165) is 12.2 Å². The lowest BCUT2D eigenvalue weighted by Gasteiger charge is -2.14. The van der Waals surface area contributed by atoms with Crippen molar-refractivity contribution in [3.8, 4) is 5.75 Å². The number of aromatic nitrogens is 3. The number of methoxy groups -OCH3 is 1. The molecule has 0 spiro atoms. The highest BCUT2D eigenvalue weighted by atomic mass is 35.5. The number of carbonyl (C=O) groups is 1. The van der Waals surface area contributed by atoms with Gasteiger partial charge in [-0.2, -0.15) is 0 Å². The lowest BCUT2D eigenvalue weighted by atomic mass is 10.3. The van der Waals surface area contributed by atoms with E-state index in [9.17, 15) is 4.79 Å². The number of hydrogen-bond donors (Lipinski definition) is 1. The number of rotatable bonds is 7. The van der Waals surface area contributed by atoms with Crippen molar-refractivity contribution in [3.05, 3.63) is 51.4 Å². The van der Waals surface area contributed by atoms with Crippen LogP contribution in [0.25, 0.3) is 0 Å². The van der Waals surface area contributed by atoms with Crippen LogP contribution in [-0.2, 0) is 18.3 Å². The maximum Gasteiger partial charge on any atom is 0.237 e. The number of hydrogen-bond acceptors (Lipinski definition) is 6. The molecule has 1 aromatic carbocycles. The molecule has 1 unspecified atom stereocenters. The minimum absolute atomic E-state index is 0.164. The van der Waals surface area contributed by atoms with E-state index in [0.29, 0.717) is 21.6 Å². The number of nitrogens with zero attached hydrogens (tertiary/aromatic N) is 3. The number of anilines is 1. The number of ether oxygens (including phenoxy) is 1. The van der Waals surface area contributed by atoms with Crippen LogP contribution in [0.2, 0.25) is 5.02 Å². The summed E-state index contributed by atoms with van der Waals surface area (Å²) in [5.41, 5.74) is 0.541. The molecule has 27 heavy (non-hydrogen) atoms. The SMILES string of the molecule is COc1ccc(Cl)cc1NC(=O)C(C)Sc1nnc(Cc2cccs2)n1C. The molecule has 0 aliphatic carbocycles. The first-order valence-electron chi connectivity index (χ1n) is 8.19. The van der Waals surface area contributed by atoms with Crippen LogP contribution in [0.1, 0.15) is 17.6 Å². The molecule has 2 aromatic heterocycles. The monoisotopic (exact) mass is 422 g/mol. The second-order valence-electron chi connectivity index (χ2n) is 5.81. The fraction of sp³-hybridized carbons (Fsp3) is 0.278. The number of thioether (sulfide) groups is 1. The van der Waals surface area contributed by atoms with Crippen LogP contribution in [0.3, 0.4) is 0 Å². The molecule has 0 aliphatic heterocycles. The maximum absolute atomic E-state index is 12.6. The van der Waals surface area contributed by atoms with E-state index < -0.39 is 0 Å². The molecule has 2 heterocycles. The lowest BCUT2D eigenvalue weighted by Crippen LogP contribution is -2.23. The second-order valence-corrected chi connectivity index (χ2v) is 8.58. The largest absolute Gasteiger partial charge is 0.495 e. The van der Waals surface area contributed by atoms with Crippen molar-refractivity contribution < 1.29 is 9.53 Å². The number of nitrogens with one attached hydrogen (secondary N) is 1. The molecule has 142 valence electrons. The van der Waals surface area contributed by atoms with Crippen molar-refractivity contribution in [2.45, 2.75) is 23.8 Å². The number of carbonyl (C=O) groups excluding carboxylic acids is 1. The Kier molecular flexibility index (Phi) is 6.41. The smallest absolute Gasteiger partial charge is 0.237 e. The van der Waals surface area contributed by atoms with Crippen molar-refractivity contribution in [2.75, 3.05) is 12.4 Å². The van der Waals surface area contributed by atoms with E-state index >= 15 is 0 Å². The van der Waals surface area contributed by atoms with E-state index in [-0.39, 0.29) is 11.2 Å². The molecule has 0 fully saturated rings. The zero-order chi connectivity index (χ0) is 19.4. The van der Waals surface area contributed by atoms with Gasteiger partial charge in [-0.1, -0.05) is 29.4 Å². The zero-order valence-electron chi connectivity index (χ0n) is 15.1. The Morgan fingerprint density at radius 1 is 1.41 bits per heavy atom. The van der Waals surface area contributed by atoms with Crippen molar-refractivity contribution in [1.82, 2.24) is 14.8 Å². The van der Waals surface area contributed by atoms with Crippen molar-refractivity contribution >= 4 is 46.3 Å². The molecule has 9 heteroatoms. The number of amides is 1. The van der Waals surface area contributed by atoms with Gasteiger partial charge >= 0.3 is 0 Å². The summed E-state index contributed by atoms with van der Waals surface area (Å²) in [5, 5.41) is 14.2. The third-order valence-electron chi connectivity index (χ3n) is 3.91. The van der Waals surface area contributed by atoms with Gasteiger partial charge in [0.15, 0.2) is 5.16 Å². The Morgan fingerprint density at radius 3 is 2.93 bits per heavy atom. The molecule has 0 radical (unpaired) electrons. The quantitative estimate of drug-likeness (QED) is 0.576. The molecule has 1 atom stereocenters. The van der Waals surface area contributed by atoms with Crippen molar-refractivity contribution in [3.63, 3.8) is 0 Å². The van der Waals surface area contributed by atoms with Gasteiger partial charge in [-0.25, -0.2) is 0 Å². The minimum atomic E-state index is -0.369. The van der Waals surface area contributed by atoms with Crippen LogP contribution in [0.15, 0.2) is 40.9 Å². The first-order valence-corrected chi connectivity index (χ1v) is 10.3. The molecule has 0 aliphatic rings. The van der Waals surface area contributed by atoms with Crippen LogP contribution in [0.5, 0.6) is 5.75 Å². The number of halogens is 1. The van der Waals surface area contributed by atoms with Crippen LogP contribution in [0, 0.1) is 0 Å². The average molecular weight is 423 g/mol. The van der Waals surface area contributed by atoms with Crippen molar-refractivity contribution in [2.24, 2.45) is 7.05 Å². The standard InChI is InChI=1S/C18H19ClN4O2S2/c1-11(17(24)20-14-9-12(19)6-7-15(14)25-3)27-18-22-21-16(23(18)2)10-13-5-4-8-26-13/h4-9,11H,10H2,1-3H3,(H,20,24). The summed E-state index contributed by atoms with van der Waals surface area (Å²) in [6.07, 6.45) is 0.724. The number of benzene rings is 1. The first-order chi connectivity index (χ1) is 13.0. The third kappa shape index (κ3) is 4.82. The van der Waals surface area contributed by atoms with Gasteiger partial charge in [0.2, 0.25) is 5.91 Å². The van der Waals surface area contributed by atoms with Crippen LogP contribution in [-0.4, -0.2) is 33.0 Å². The zero-order valence-corrected chi connectivity index (χ0v) is 17.5. The highest BCUT2D eigenvalue weighted by Crippen LogP contribution is 2.29. The Balaban J connectivity index is 1.67. The molecule has 3 rings (SSSR count). The van der Waals surface area contributed by atoms with E-state index in [1.807, 2.05) is 30.0 Å². The van der Waals surface area contributed by atoms with Gasteiger partial charge in [0.1, 0.15) is 11.6 Å². The van der Waals surface area contributed by atoms with Gasteiger partial charge in [0.05, 0.1) is 18.0 Å². The molecular formula is C18H19ClN4O2S2. The summed E-state index contributed by atoms with van der Waals surface area (Å²) in [6, 6.07) is 9.18. The van der Waals surface area contributed by atoms with E-state index in [2.05, 4.69) is 21.6 Å². The highest BCUT2D eigenvalue weighted by Gasteiger charge is 2.20. The molecular weight excluding hydrogens is 404 g/mol. The molecule has 0 saturated carbocycles. The molecule has 0 saturated heterocycles. The summed E-state index contributed by atoms with van der Waals surface area (Å²) in [6.45, 7) is 1.82. The summed E-state index contributed by atoms with van der Waals surface area (Å²) in [7, 11) is 3.46. The van der Waals surface area contributed by atoms with Gasteiger partial charge in [-0.3, -0.25) is 4.79 Å². The molecule has 1 amide bonds. The van der Waals surface area contributed by atoms with Gasteiger partial charge < -0.3 is 14.6 Å². The predicted octanol–water partition coefficient (Wildman–Crippen LogP) is 4.25.